The van der Waals surface area contributed by atoms with Crippen molar-refractivity contribution >= 4 is 17.3 Å². The van der Waals surface area contributed by atoms with E-state index >= 15 is 0 Å². The van der Waals surface area contributed by atoms with Gasteiger partial charge in [0.15, 0.2) is 0 Å². The van der Waals surface area contributed by atoms with Crippen LogP contribution in [0.25, 0.3) is 0 Å². The quantitative estimate of drug-likeness (QED) is 0.792. The Morgan fingerprint density at radius 2 is 2.14 bits per heavy atom. The fourth-order valence-electron chi connectivity index (χ4n) is 0.963. The van der Waals surface area contributed by atoms with Gasteiger partial charge < -0.3 is 5.32 Å². The number of aromatic nitrogens is 1. The van der Waals surface area contributed by atoms with Crippen molar-refractivity contribution in [1.29, 1.82) is 0 Å². The third-order valence-corrected chi connectivity index (χ3v) is 2.18. The van der Waals surface area contributed by atoms with Gasteiger partial charge in [0, 0.05) is 0 Å². The maximum Gasteiger partial charge on any atom is 0.258 e. The highest BCUT2D eigenvalue weighted by Crippen LogP contribution is 2.17. The molecule has 0 saturated carbocycles. The first-order chi connectivity index (χ1) is 6.50. The molecule has 0 amide bonds. The molecule has 0 radical (unpaired) electrons. The summed E-state index contributed by atoms with van der Waals surface area (Å²) in [5, 5.41) is 3.03. The zero-order chi connectivity index (χ0) is 10.7. The topological polar surface area (TPSA) is 24.9 Å². The maximum absolute atomic E-state index is 12.2. The summed E-state index contributed by atoms with van der Waals surface area (Å²) >= 11 is 5.69. The molecule has 0 spiro atoms. The average molecular weight is 221 g/mol. The molecule has 1 heterocycles. The van der Waals surface area contributed by atoms with Gasteiger partial charge in [0.2, 0.25) is 0 Å². The zero-order valence-electron chi connectivity index (χ0n) is 7.89. The number of pyridine rings is 1. The minimum Gasteiger partial charge on any atom is -0.376 e. The van der Waals surface area contributed by atoms with E-state index in [1.54, 1.807) is 13.0 Å². The van der Waals surface area contributed by atoms with Crippen LogP contribution in [0.5, 0.6) is 0 Å². The molecule has 1 aromatic heterocycles. The van der Waals surface area contributed by atoms with Crippen LogP contribution in [0.3, 0.4) is 0 Å². The van der Waals surface area contributed by atoms with Crippen molar-refractivity contribution in [3.8, 4) is 0 Å². The van der Waals surface area contributed by atoms with E-state index in [-0.39, 0.29) is 0 Å². The van der Waals surface area contributed by atoms with Crippen LogP contribution in [-0.4, -0.2) is 17.5 Å². The first-order valence-corrected chi connectivity index (χ1v) is 4.55. The summed E-state index contributed by atoms with van der Waals surface area (Å²) in [5.41, 5.74) is 1.32. The molecule has 0 aliphatic heterocycles. The smallest absolute Gasteiger partial charge is 0.258 e. The lowest BCUT2D eigenvalue weighted by Crippen LogP contribution is -2.23. The molecule has 0 bridgehead atoms. The van der Waals surface area contributed by atoms with Crippen molar-refractivity contribution in [2.75, 3.05) is 5.32 Å². The van der Waals surface area contributed by atoms with Crippen molar-refractivity contribution in [1.82, 2.24) is 4.98 Å². The van der Waals surface area contributed by atoms with Crippen LogP contribution in [0.15, 0.2) is 12.3 Å². The number of nitrogens with zero attached hydrogens (tertiary/aromatic N) is 1. The average Bonchev–Trinajstić information content (AvgIpc) is 2.11. The number of nitrogens with one attached hydrogen (secondary N) is 1. The molecule has 1 aromatic rings. The number of aryl methyl sites for hydroxylation is 1. The minimum atomic E-state index is -2.40. The summed E-state index contributed by atoms with van der Waals surface area (Å²) in [6, 6.07) is 0.797. The zero-order valence-corrected chi connectivity index (χ0v) is 8.65. The van der Waals surface area contributed by atoms with Gasteiger partial charge in [0.1, 0.15) is 5.15 Å². The molecule has 1 N–H and O–H groups in total. The first-order valence-electron chi connectivity index (χ1n) is 4.17. The minimum absolute atomic E-state index is 0.389. The van der Waals surface area contributed by atoms with Gasteiger partial charge >= 0.3 is 0 Å². The second-order valence-electron chi connectivity index (χ2n) is 3.10. The summed E-state index contributed by atoms with van der Waals surface area (Å²) in [7, 11) is 0. The van der Waals surface area contributed by atoms with Gasteiger partial charge in [0.05, 0.1) is 17.9 Å². The van der Waals surface area contributed by atoms with E-state index in [0.29, 0.717) is 10.8 Å². The lowest BCUT2D eigenvalue weighted by Gasteiger charge is -2.14. The molecular weight excluding hydrogens is 210 g/mol. The molecule has 2 nitrogen and oxygen atoms in total. The van der Waals surface area contributed by atoms with Gasteiger partial charge in [-0.3, -0.25) is 0 Å². The number of anilines is 1. The van der Waals surface area contributed by atoms with Gasteiger partial charge in [-0.05, 0) is 25.5 Å². The number of alkyl halides is 2. The standard InChI is InChI=1S/C9H11ClF2N2/c1-5-3-7(4-13-8(5)10)14-6(2)9(11)12/h3-4,6,9,14H,1-2H3. The Hall–Kier alpha value is -0.900. The predicted octanol–water partition coefficient (Wildman–Crippen LogP) is 3.11. The van der Waals surface area contributed by atoms with Crippen LogP contribution in [-0.2, 0) is 0 Å². The van der Waals surface area contributed by atoms with Crippen molar-refractivity contribution in [3.63, 3.8) is 0 Å². The Balaban J connectivity index is 2.73. The number of halogens is 3. The summed E-state index contributed by atoms with van der Waals surface area (Å²) in [6.07, 6.45) is -0.959. The summed E-state index contributed by atoms with van der Waals surface area (Å²) < 4.78 is 24.4. The Kier molecular flexibility index (Phi) is 3.63. The first kappa shape index (κ1) is 11.2. The molecule has 0 aromatic carbocycles. The van der Waals surface area contributed by atoms with Crippen molar-refractivity contribution in [2.45, 2.75) is 26.3 Å². The van der Waals surface area contributed by atoms with Gasteiger partial charge in [-0.15, -0.1) is 0 Å². The van der Waals surface area contributed by atoms with Gasteiger partial charge in [-0.2, -0.15) is 0 Å². The van der Waals surface area contributed by atoms with Gasteiger partial charge in [-0.25, -0.2) is 13.8 Å². The molecule has 14 heavy (non-hydrogen) atoms. The largest absolute Gasteiger partial charge is 0.376 e. The third-order valence-electron chi connectivity index (χ3n) is 1.79. The van der Waals surface area contributed by atoms with Crippen molar-refractivity contribution in [3.05, 3.63) is 23.0 Å². The molecule has 0 fully saturated rings. The fraction of sp³-hybridized carbons (Fsp3) is 0.444. The Bertz CT molecular complexity index is 318. The second-order valence-corrected chi connectivity index (χ2v) is 3.46. The Morgan fingerprint density at radius 3 is 2.64 bits per heavy atom. The molecule has 5 heteroatoms. The van der Waals surface area contributed by atoms with Crippen LogP contribution in [0.4, 0.5) is 14.5 Å². The van der Waals surface area contributed by atoms with Crippen LogP contribution in [0, 0.1) is 6.92 Å². The van der Waals surface area contributed by atoms with E-state index in [4.69, 9.17) is 11.6 Å². The van der Waals surface area contributed by atoms with Crippen molar-refractivity contribution < 1.29 is 8.78 Å². The second kappa shape index (κ2) is 4.55. The molecular formula is C9H11ClF2N2. The number of hydrogen-bond acceptors (Lipinski definition) is 2. The molecule has 1 atom stereocenters. The SMILES string of the molecule is Cc1cc(NC(C)C(F)F)cnc1Cl. The van der Waals surface area contributed by atoms with Gasteiger partial charge in [-0.1, -0.05) is 11.6 Å². The fourth-order valence-corrected chi connectivity index (χ4v) is 1.07. The summed E-state index contributed by atoms with van der Waals surface area (Å²) in [6.45, 7) is 3.18. The van der Waals surface area contributed by atoms with E-state index in [2.05, 4.69) is 10.3 Å². The number of rotatable bonds is 3. The van der Waals surface area contributed by atoms with Crippen LogP contribution >= 0.6 is 11.6 Å². The Morgan fingerprint density at radius 1 is 1.50 bits per heavy atom. The van der Waals surface area contributed by atoms with Crippen LogP contribution in [0.1, 0.15) is 12.5 Å². The molecule has 1 unspecified atom stereocenters. The van der Waals surface area contributed by atoms with E-state index in [1.807, 2.05) is 0 Å². The molecule has 78 valence electrons. The van der Waals surface area contributed by atoms with Crippen LogP contribution in [0.2, 0.25) is 5.15 Å². The van der Waals surface area contributed by atoms with E-state index in [9.17, 15) is 8.78 Å². The molecule has 0 aliphatic carbocycles. The summed E-state index contributed by atoms with van der Waals surface area (Å²) in [4.78, 5) is 3.85. The highest BCUT2D eigenvalue weighted by molar-refractivity contribution is 6.30. The predicted molar refractivity (Wildman–Crippen MR) is 53.1 cm³/mol. The highest BCUT2D eigenvalue weighted by atomic mass is 35.5. The normalized spacial score (nSPS) is 13.0. The molecule has 1 rings (SSSR count). The molecule has 0 aliphatic rings. The van der Waals surface area contributed by atoms with Crippen LogP contribution < -0.4 is 5.32 Å². The monoisotopic (exact) mass is 220 g/mol. The lowest BCUT2D eigenvalue weighted by molar-refractivity contribution is 0.130. The molecule has 0 saturated heterocycles. The summed E-state index contributed by atoms with van der Waals surface area (Å²) in [5.74, 6) is 0. The maximum atomic E-state index is 12.2. The Labute approximate surface area is 86.3 Å². The van der Waals surface area contributed by atoms with E-state index < -0.39 is 12.5 Å². The highest BCUT2D eigenvalue weighted by Gasteiger charge is 2.14. The van der Waals surface area contributed by atoms with Crippen molar-refractivity contribution in [2.24, 2.45) is 0 Å². The number of hydrogen-bond donors (Lipinski definition) is 1. The van der Waals surface area contributed by atoms with Gasteiger partial charge in [0.25, 0.3) is 6.43 Å². The third kappa shape index (κ3) is 2.80. The lowest BCUT2D eigenvalue weighted by atomic mass is 10.2. The van der Waals surface area contributed by atoms with E-state index in [1.165, 1.54) is 13.1 Å². The van der Waals surface area contributed by atoms with E-state index in [0.717, 1.165) is 5.56 Å².